The molecular formula is C18H29N3O. The molecule has 0 bridgehead atoms. The number of carbonyl (C=O) groups excluding carboxylic acids is 1. The predicted octanol–water partition coefficient (Wildman–Crippen LogP) is 3.01. The second-order valence-corrected chi connectivity index (χ2v) is 7.34. The van der Waals surface area contributed by atoms with Crippen LogP contribution >= 0.6 is 0 Å². The molecule has 4 heteroatoms. The number of aromatic nitrogens is 2. The van der Waals surface area contributed by atoms with E-state index < -0.39 is 0 Å². The maximum Gasteiger partial charge on any atom is 0.227 e. The van der Waals surface area contributed by atoms with Crippen LogP contribution in [0.2, 0.25) is 0 Å². The number of aryl methyl sites for hydroxylation is 2. The van der Waals surface area contributed by atoms with E-state index in [0.29, 0.717) is 24.3 Å². The van der Waals surface area contributed by atoms with E-state index in [0.717, 1.165) is 29.4 Å². The minimum atomic E-state index is 0.308. The Hall–Kier alpha value is -1.32. The molecule has 2 heterocycles. The third-order valence-corrected chi connectivity index (χ3v) is 5.94. The zero-order valence-corrected chi connectivity index (χ0v) is 14.4. The van der Waals surface area contributed by atoms with E-state index in [4.69, 9.17) is 0 Å². The summed E-state index contributed by atoms with van der Waals surface area (Å²) in [6, 6.07) is 0.479. The van der Waals surface area contributed by atoms with Gasteiger partial charge in [0, 0.05) is 30.9 Å². The van der Waals surface area contributed by atoms with Gasteiger partial charge in [0.25, 0.3) is 0 Å². The summed E-state index contributed by atoms with van der Waals surface area (Å²) in [4.78, 5) is 15.2. The minimum absolute atomic E-state index is 0.308. The fourth-order valence-electron chi connectivity index (χ4n) is 4.67. The summed E-state index contributed by atoms with van der Waals surface area (Å²) < 4.78 is 1.89. The predicted molar refractivity (Wildman–Crippen MR) is 87.6 cm³/mol. The Morgan fingerprint density at radius 3 is 2.64 bits per heavy atom. The van der Waals surface area contributed by atoms with Crippen molar-refractivity contribution in [2.75, 3.05) is 6.54 Å². The summed E-state index contributed by atoms with van der Waals surface area (Å²) in [5, 5.41) is 4.45. The largest absolute Gasteiger partial charge is 0.339 e. The molecule has 0 N–H and O–H groups in total. The van der Waals surface area contributed by atoms with Crippen molar-refractivity contribution in [1.82, 2.24) is 14.7 Å². The van der Waals surface area contributed by atoms with Gasteiger partial charge in [0.2, 0.25) is 5.91 Å². The van der Waals surface area contributed by atoms with Gasteiger partial charge in [-0.1, -0.05) is 13.3 Å². The first kappa shape index (κ1) is 15.6. The standard InChI is InChI=1S/C18H29N3O/c1-12-7-5-8-15-9-6-10-21(18(12)15)17(22)11-16-13(2)19-20(4)14(16)3/h12,15,18H,5-11H2,1-4H3/t12-,15+,18-/m1/s1. The average molecular weight is 303 g/mol. The van der Waals surface area contributed by atoms with E-state index in [2.05, 4.69) is 23.8 Å². The first-order chi connectivity index (χ1) is 10.5. The Morgan fingerprint density at radius 2 is 1.95 bits per heavy atom. The average Bonchev–Trinajstić information content (AvgIpc) is 2.73. The van der Waals surface area contributed by atoms with Gasteiger partial charge in [0.15, 0.2) is 0 Å². The number of carbonyl (C=O) groups is 1. The molecule has 3 rings (SSSR count). The van der Waals surface area contributed by atoms with E-state index in [1.165, 1.54) is 32.1 Å². The van der Waals surface area contributed by atoms with Crippen molar-refractivity contribution >= 4 is 5.91 Å². The van der Waals surface area contributed by atoms with Crippen molar-refractivity contribution in [3.63, 3.8) is 0 Å². The van der Waals surface area contributed by atoms with Crippen LogP contribution in [0.25, 0.3) is 0 Å². The molecule has 1 saturated heterocycles. The van der Waals surface area contributed by atoms with Gasteiger partial charge in [0.1, 0.15) is 0 Å². The van der Waals surface area contributed by atoms with Crippen LogP contribution in [0.3, 0.4) is 0 Å². The highest BCUT2D eigenvalue weighted by Gasteiger charge is 2.39. The lowest BCUT2D eigenvalue weighted by Crippen LogP contribution is -2.53. The van der Waals surface area contributed by atoms with Crippen molar-refractivity contribution in [3.05, 3.63) is 17.0 Å². The number of rotatable bonds is 2. The van der Waals surface area contributed by atoms with E-state index in [1.54, 1.807) is 0 Å². The first-order valence-corrected chi connectivity index (χ1v) is 8.77. The molecule has 1 aromatic heterocycles. The maximum absolute atomic E-state index is 13.0. The third kappa shape index (κ3) is 2.68. The Labute approximate surface area is 133 Å². The van der Waals surface area contributed by atoms with Crippen LogP contribution in [-0.4, -0.2) is 33.2 Å². The zero-order valence-electron chi connectivity index (χ0n) is 14.4. The summed E-state index contributed by atoms with van der Waals surface area (Å²) in [5.41, 5.74) is 3.24. The van der Waals surface area contributed by atoms with Crippen molar-refractivity contribution in [3.8, 4) is 0 Å². The Bertz CT molecular complexity index is 561. The molecule has 1 aliphatic carbocycles. The normalized spacial score (nSPS) is 28.5. The Balaban J connectivity index is 1.78. The van der Waals surface area contributed by atoms with Crippen LogP contribution in [0.4, 0.5) is 0 Å². The molecule has 2 aliphatic rings. The van der Waals surface area contributed by atoms with E-state index in [-0.39, 0.29) is 0 Å². The molecule has 1 saturated carbocycles. The molecular weight excluding hydrogens is 274 g/mol. The molecule has 1 amide bonds. The second kappa shape index (κ2) is 6.05. The fourth-order valence-corrected chi connectivity index (χ4v) is 4.67. The lowest BCUT2D eigenvalue weighted by Gasteiger charge is -2.47. The van der Waals surface area contributed by atoms with Crippen molar-refractivity contribution in [2.45, 2.75) is 65.3 Å². The topological polar surface area (TPSA) is 38.1 Å². The first-order valence-electron chi connectivity index (χ1n) is 8.77. The van der Waals surface area contributed by atoms with Gasteiger partial charge in [-0.15, -0.1) is 0 Å². The lowest BCUT2D eigenvalue weighted by atomic mass is 9.73. The van der Waals surface area contributed by atoms with Crippen molar-refractivity contribution < 1.29 is 4.79 Å². The number of nitrogens with zero attached hydrogens (tertiary/aromatic N) is 3. The van der Waals surface area contributed by atoms with E-state index >= 15 is 0 Å². The summed E-state index contributed by atoms with van der Waals surface area (Å²) in [5.74, 6) is 1.69. The number of amides is 1. The molecule has 0 unspecified atom stereocenters. The number of hydrogen-bond donors (Lipinski definition) is 0. The molecule has 4 nitrogen and oxygen atoms in total. The molecule has 2 fully saturated rings. The lowest BCUT2D eigenvalue weighted by molar-refractivity contribution is -0.138. The van der Waals surface area contributed by atoms with Crippen LogP contribution in [0.15, 0.2) is 0 Å². The van der Waals surface area contributed by atoms with Crippen molar-refractivity contribution in [1.29, 1.82) is 0 Å². The number of hydrogen-bond acceptors (Lipinski definition) is 2. The van der Waals surface area contributed by atoms with Gasteiger partial charge < -0.3 is 4.90 Å². The number of likely N-dealkylation sites (tertiary alicyclic amines) is 1. The highest BCUT2D eigenvalue weighted by molar-refractivity contribution is 5.79. The second-order valence-electron chi connectivity index (χ2n) is 7.34. The minimum Gasteiger partial charge on any atom is -0.339 e. The van der Waals surface area contributed by atoms with Crippen molar-refractivity contribution in [2.24, 2.45) is 18.9 Å². The molecule has 0 spiro atoms. The molecule has 22 heavy (non-hydrogen) atoms. The SMILES string of the molecule is Cc1nn(C)c(C)c1CC(=O)N1CCC[C@@H]2CCC[C@@H](C)[C@H]21. The summed E-state index contributed by atoms with van der Waals surface area (Å²) in [6.45, 7) is 7.36. The smallest absolute Gasteiger partial charge is 0.227 e. The molecule has 1 aliphatic heterocycles. The highest BCUT2D eigenvalue weighted by Crippen LogP contribution is 2.38. The molecule has 0 aromatic carbocycles. The quantitative estimate of drug-likeness (QED) is 0.842. The van der Waals surface area contributed by atoms with Gasteiger partial charge in [-0.25, -0.2) is 0 Å². The van der Waals surface area contributed by atoms with Gasteiger partial charge in [-0.3, -0.25) is 9.48 Å². The Kier molecular flexibility index (Phi) is 4.28. The van der Waals surface area contributed by atoms with Crippen LogP contribution in [0.1, 0.15) is 56.0 Å². The highest BCUT2D eigenvalue weighted by atomic mass is 16.2. The monoisotopic (exact) mass is 303 g/mol. The number of fused-ring (bicyclic) bond motifs is 1. The summed E-state index contributed by atoms with van der Waals surface area (Å²) in [7, 11) is 1.95. The van der Waals surface area contributed by atoms with Crippen LogP contribution < -0.4 is 0 Å². The Morgan fingerprint density at radius 1 is 1.23 bits per heavy atom. The maximum atomic E-state index is 13.0. The van der Waals surface area contributed by atoms with Crippen LogP contribution in [-0.2, 0) is 18.3 Å². The van der Waals surface area contributed by atoms with E-state index in [1.807, 2.05) is 18.7 Å². The number of piperidine rings is 1. The molecule has 3 atom stereocenters. The molecule has 1 aromatic rings. The molecule has 122 valence electrons. The fraction of sp³-hybridized carbons (Fsp3) is 0.778. The summed E-state index contributed by atoms with van der Waals surface area (Å²) >= 11 is 0. The van der Waals surface area contributed by atoms with Gasteiger partial charge in [-0.05, 0) is 51.4 Å². The van der Waals surface area contributed by atoms with Crippen LogP contribution in [0.5, 0.6) is 0 Å². The third-order valence-electron chi connectivity index (χ3n) is 5.94. The van der Waals surface area contributed by atoms with Gasteiger partial charge in [-0.2, -0.15) is 5.10 Å². The van der Waals surface area contributed by atoms with Gasteiger partial charge in [0.05, 0.1) is 12.1 Å². The molecule has 0 radical (unpaired) electrons. The summed E-state index contributed by atoms with van der Waals surface area (Å²) in [6.07, 6.45) is 6.92. The zero-order chi connectivity index (χ0) is 15.9. The van der Waals surface area contributed by atoms with Crippen LogP contribution in [0, 0.1) is 25.7 Å². The van der Waals surface area contributed by atoms with E-state index in [9.17, 15) is 4.79 Å². The van der Waals surface area contributed by atoms with Gasteiger partial charge >= 0.3 is 0 Å².